The first kappa shape index (κ1) is 57.6. The van der Waals surface area contributed by atoms with E-state index in [4.69, 9.17) is 14.2 Å². The lowest BCUT2D eigenvalue weighted by Gasteiger charge is -2.18. The summed E-state index contributed by atoms with van der Waals surface area (Å²) in [7, 11) is 0. The lowest BCUT2D eigenvalue weighted by atomic mass is 10.0. The van der Waals surface area contributed by atoms with Crippen LogP contribution in [-0.4, -0.2) is 37.2 Å². The van der Waals surface area contributed by atoms with Crippen molar-refractivity contribution in [3.63, 3.8) is 0 Å². The van der Waals surface area contributed by atoms with E-state index in [2.05, 4.69) is 51.2 Å². The Morgan fingerprint density at radius 1 is 0.333 bits per heavy atom. The van der Waals surface area contributed by atoms with Gasteiger partial charge in [-0.05, 0) is 51.4 Å². The van der Waals surface area contributed by atoms with Gasteiger partial charge in [0, 0.05) is 19.3 Å². The fraction of sp³-hybridized carbons (Fsp3) is 0.833. The summed E-state index contributed by atoms with van der Waals surface area (Å²) in [6.07, 6.45) is 57.2. The second-order valence-corrected chi connectivity index (χ2v) is 17.4. The maximum absolute atomic E-state index is 12.8. The zero-order valence-corrected chi connectivity index (χ0v) is 40.0. The van der Waals surface area contributed by atoms with E-state index in [-0.39, 0.29) is 44.0 Å². The Kier molecular flexibility index (Phi) is 47.3. The van der Waals surface area contributed by atoms with Gasteiger partial charge < -0.3 is 14.2 Å². The Balaban J connectivity index is 4.45. The molecule has 60 heavy (non-hydrogen) atoms. The van der Waals surface area contributed by atoms with Crippen molar-refractivity contribution in [1.82, 2.24) is 0 Å². The molecule has 0 heterocycles. The van der Waals surface area contributed by atoms with Gasteiger partial charge in [0.2, 0.25) is 0 Å². The quantitative estimate of drug-likeness (QED) is 0.0263. The normalized spacial score (nSPS) is 12.2. The van der Waals surface area contributed by atoms with Crippen LogP contribution in [0.5, 0.6) is 0 Å². The molecule has 6 heteroatoms. The fourth-order valence-corrected chi connectivity index (χ4v) is 7.45. The van der Waals surface area contributed by atoms with Crippen molar-refractivity contribution in [2.45, 2.75) is 277 Å². The van der Waals surface area contributed by atoms with Crippen molar-refractivity contribution in [2.24, 2.45) is 0 Å². The molecule has 1 atom stereocenters. The lowest BCUT2D eigenvalue weighted by Crippen LogP contribution is -2.30. The van der Waals surface area contributed by atoms with Crippen LogP contribution in [0.1, 0.15) is 271 Å². The van der Waals surface area contributed by atoms with Crippen molar-refractivity contribution < 1.29 is 28.6 Å². The molecule has 0 aromatic heterocycles. The molecule has 0 aliphatic rings. The van der Waals surface area contributed by atoms with Crippen molar-refractivity contribution in [2.75, 3.05) is 13.2 Å². The highest BCUT2D eigenvalue weighted by Crippen LogP contribution is 2.15. The Bertz CT molecular complexity index is 1020. The van der Waals surface area contributed by atoms with Crippen molar-refractivity contribution in [3.05, 3.63) is 36.5 Å². The SMILES string of the molecule is CCCCCCCCCC/C=C\C/C=C\CCC(=O)OCC(COC(=O)CCCCCCCCCCCCCC)OC(=O)CC/C=C\CCCCCCCCCCCCC. The average molecular weight is 843 g/mol. The molecule has 350 valence electrons. The lowest BCUT2D eigenvalue weighted by molar-refractivity contribution is -0.166. The van der Waals surface area contributed by atoms with Gasteiger partial charge in [0.05, 0.1) is 0 Å². The number of esters is 3. The van der Waals surface area contributed by atoms with Gasteiger partial charge in [0.1, 0.15) is 13.2 Å². The van der Waals surface area contributed by atoms with E-state index in [0.717, 1.165) is 38.5 Å². The molecule has 0 aliphatic heterocycles. The summed E-state index contributed by atoms with van der Waals surface area (Å²) in [5.74, 6) is -1.01. The molecular weight excluding hydrogens is 745 g/mol. The Hall–Kier alpha value is -2.37. The molecule has 0 aromatic rings. The second-order valence-electron chi connectivity index (χ2n) is 17.4. The molecular formula is C54H98O6. The van der Waals surface area contributed by atoms with Gasteiger partial charge >= 0.3 is 17.9 Å². The first-order chi connectivity index (χ1) is 29.5. The highest BCUT2D eigenvalue weighted by atomic mass is 16.6. The minimum Gasteiger partial charge on any atom is -0.462 e. The third kappa shape index (κ3) is 46.7. The Morgan fingerprint density at radius 3 is 1.05 bits per heavy atom. The van der Waals surface area contributed by atoms with Crippen molar-refractivity contribution in [1.29, 1.82) is 0 Å². The van der Waals surface area contributed by atoms with E-state index in [9.17, 15) is 14.4 Å². The third-order valence-corrected chi connectivity index (χ3v) is 11.4. The van der Waals surface area contributed by atoms with Gasteiger partial charge in [0.15, 0.2) is 6.10 Å². The van der Waals surface area contributed by atoms with Crippen molar-refractivity contribution in [3.8, 4) is 0 Å². The summed E-state index contributed by atoms with van der Waals surface area (Å²) in [6.45, 7) is 6.57. The average Bonchev–Trinajstić information content (AvgIpc) is 3.24. The monoisotopic (exact) mass is 843 g/mol. The van der Waals surface area contributed by atoms with Crippen LogP contribution in [0.15, 0.2) is 36.5 Å². The standard InChI is InChI=1S/C54H98O6/c1-4-7-10-13-16-19-22-25-27-29-32-35-38-41-44-47-53(56)59-50-51(49-58-52(55)46-43-40-37-34-31-24-21-18-15-12-9-6-3)60-54(57)48-45-42-39-36-33-30-28-26-23-20-17-14-11-8-5-2/h29,32,38-39,41-42,51H,4-28,30-31,33-37,40,43-50H2,1-3H3/b32-29-,41-38-,42-39-. The molecule has 0 spiro atoms. The Morgan fingerprint density at radius 2 is 0.633 bits per heavy atom. The summed E-state index contributed by atoms with van der Waals surface area (Å²) in [5.41, 5.74) is 0. The molecule has 0 aromatic carbocycles. The van der Waals surface area contributed by atoms with Crippen LogP contribution in [0.3, 0.4) is 0 Å². The minimum absolute atomic E-state index is 0.101. The number of carbonyl (C=O) groups excluding carboxylic acids is 3. The molecule has 0 saturated carbocycles. The summed E-state index contributed by atoms with van der Waals surface area (Å²) in [5, 5.41) is 0. The summed E-state index contributed by atoms with van der Waals surface area (Å²) < 4.78 is 16.7. The molecule has 0 amide bonds. The number of unbranched alkanes of at least 4 members (excludes halogenated alkanes) is 30. The van der Waals surface area contributed by atoms with E-state index in [1.165, 1.54) is 180 Å². The highest BCUT2D eigenvalue weighted by Gasteiger charge is 2.19. The molecule has 0 radical (unpaired) electrons. The van der Waals surface area contributed by atoms with E-state index in [0.29, 0.717) is 19.3 Å². The number of allylic oxidation sites excluding steroid dienone is 6. The van der Waals surface area contributed by atoms with E-state index in [1.807, 2.05) is 6.08 Å². The maximum atomic E-state index is 12.8. The number of ether oxygens (including phenoxy) is 3. The van der Waals surface area contributed by atoms with Crippen LogP contribution in [0.4, 0.5) is 0 Å². The van der Waals surface area contributed by atoms with Gasteiger partial charge in [0.25, 0.3) is 0 Å². The largest absolute Gasteiger partial charge is 0.462 e. The molecule has 0 saturated heterocycles. The molecule has 0 aliphatic carbocycles. The molecule has 0 fully saturated rings. The summed E-state index contributed by atoms with van der Waals surface area (Å²) in [6, 6.07) is 0. The summed E-state index contributed by atoms with van der Waals surface area (Å²) >= 11 is 0. The second kappa shape index (κ2) is 49.3. The van der Waals surface area contributed by atoms with Crippen LogP contribution >= 0.6 is 0 Å². The van der Waals surface area contributed by atoms with Gasteiger partial charge in [-0.1, -0.05) is 237 Å². The van der Waals surface area contributed by atoms with Gasteiger partial charge in [-0.15, -0.1) is 0 Å². The zero-order valence-electron chi connectivity index (χ0n) is 40.0. The first-order valence-electron chi connectivity index (χ1n) is 26.0. The topological polar surface area (TPSA) is 78.9 Å². The van der Waals surface area contributed by atoms with Gasteiger partial charge in [-0.3, -0.25) is 14.4 Å². The molecule has 1 unspecified atom stereocenters. The van der Waals surface area contributed by atoms with Crippen molar-refractivity contribution >= 4 is 17.9 Å². The maximum Gasteiger partial charge on any atom is 0.306 e. The van der Waals surface area contributed by atoms with E-state index >= 15 is 0 Å². The van der Waals surface area contributed by atoms with Gasteiger partial charge in [-0.2, -0.15) is 0 Å². The van der Waals surface area contributed by atoms with Crippen LogP contribution in [0.2, 0.25) is 0 Å². The smallest absolute Gasteiger partial charge is 0.306 e. The number of hydrogen-bond donors (Lipinski definition) is 0. The zero-order chi connectivity index (χ0) is 43.7. The molecule has 6 nitrogen and oxygen atoms in total. The molecule has 0 N–H and O–H groups in total. The van der Waals surface area contributed by atoms with E-state index in [1.54, 1.807) is 0 Å². The van der Waals surface area contributed by atoms with Crippen LogP contribution in [0, 0.1) is 0 Å². The fourth-order valence-electron chi connectivity index (χ4n) is 7.45. The predicted octanol–water partition coefficient (Wildman–Crippen LogP) is 16.9. The third-order valence-electron chi connectivity index (χ3n) is 11.4. The van der Waals surface area contributed by atoms with E-state index < -0.39 is 6.10 Å². The highest BCUT2D eigenvalue weighted by molar-refractivity contribution is 5.71. The van der Waals surface area contributed by atoms with Crippen LogP contribution < -0.4 is 0 Å². The number of rotatable bonds is 47. The number of carbonyl (C=O) groups is 3. The van der Waals surface area contributed by atoms with Gasteiger partial charge in [-0.25, -0.2) is 0 Å². The first-order valence-corrected chi connectivity index (χ1v) is 26.0. The summed E-state index contributed by atoms with van der Waals surface area (Å²) in [4.78, 5) is 37.9. The molecule has 0 rings (SSSR count). The minimum atomic E-state index is -0.811. The van der Waals surface area contributed by atoms with Crippen LogP contribution in [0.25, 0.3) is 0 Å². The molecule has 0 bridgehead atoms. The predicted molar refractivity (Wildman–Crippen MR) is 256 cm³/mol. The Labute approximate surface area is 372 Å². The number of hydrogen-bond acceptors (Lipinski definition) is 6. The van der Waals surface area contributed by atoms with Crippen LogP contribution in [-0.2, 0) is 28.6 Å².